The second-order valence-electron chi connectivity index (χ2n) is 5.42. The molecule has 0 aliphatic carbocycles. The number of rotatable bonds is 10. The molecular weight excluding hydrogens is 372 g/mol. The fraction of sp³-hybridized carbons (Fsp3) is 0.333. The molecule has 1 aromatic carbocycles. The van der Waals surface area contributed by atoms with Gasteiger partial charge in [0.05, 0.1) is 38.4 Å². The van der Waals surface area contributed by atoms with Gasteiger partial charge in [-0.2, -0.15) is 13.4 Å². The van der Waals surface area contributed by atoms with Crippen LogP contribution in [-0.2, 0) is 32.3 Å². The Morgan fingerprint density at radius 1 is 1.15 bits per heavy atom. The van der Waals surface area contributed by atoms with Crippen LogP contribution in [0.1, 0.15) is 23.9 Å². The highest BCUT2D eigenvalue weighted by Gasteiger charge is 2.12. The lowest BCUT2D eigenvalue weighted by Crippen LogP contribution is -2.07. The topological polar surface area (TPSA) is 96.8 Å². The summed E-state index contributed by atoms with van der Waals surface area (Å²) in [5, 5.41) is 0. The predicted octanol–water partition coefficient (Wildman–Crippen LogP) is 2.55. The standard InChI is InChI=1S/C18H22N2O6S/c1-4-24-10-9-17-19-11-15(13-26-27(3,21)22)18(20-17)25-12-14-5-7-16(23-2)8-6-14/h5-11H,4,12-13H2,1-3H3. The maximum atomic E-state index is 11.3. The van der Waals surface area contributed by atoms with E-state index < -0.39 is 10.1 Å². The van der Waals surface area contributed by atoms with Crippen LogP contribution in [0.5, 0.6) is 11.6 Å². The van der Waals surface area contributed by atoms with Gasteiger partial charge < -0.3 is 14.2 Å². The van der Waals surface area contributed by atoms with E-state index in [1.807, 2.05) is 31.2 Å². The number of benzene rings is 1. The minimum absolute atomic E-state index is 0.216. The third-order valence-electron chi connectivity index (χ3n) is 3.29. The number of aromatic nitrogens is 2. The molecule has 0 spiro atoms. The van der Waals surface area contributed by atoms with Crippen LogP contribution in [0.15, 0.2) is 36.7 Å². The van der Waals surface area contributed by atoms with Gasteiger partial charge >= 0.3 is 0 Å². The molecule has 0 amide bonds. The predicted molar refractivity (Wildman–Crippen MR) is 99.7 cm³/mol. The average molecular weight is 394 g/mol. The molecule has 9 heteroatoms. The average Bonchev–Trinajstić information content (AvgIpc) is 2.65. The van der Waals surface area contributed by atoms with Crippen LogP contribution < -0.4 is 9.47 Å². The Kier molecular flexibility index (Phi) is 7.56. The van der Waals surface area contributed by atoms with Gasteiger partial charge in [0, 0.05) is 12.3 Å². The molecule has 0 unspecified atom stereocenters. The second-order valence-corrected chi connectivity index (χ2v) is 7.06. The highest BCUT2D eigenvalue weighted by Crippen LogP contribution is 2.20. The van der Waals surface area contributed by atoms with Crippen LogP contribution in [0.4, 0.5) is 0 Å². The van der Waals surface area contributed by atoms with Gasteiger partial charge in [0.15, 0.2) is 5.82 Å². The monoisotopic (exact) mass is 394 g/mol. The van der Waals surface area contributed by atoms with Crippen LogP contribution in [0, 0.1) is 0 Å². The van der Waals surface area contributed by atoms with E-state index in [1.165, 1.54) is 12.5 Å². The van der Waals surface area contributed by atoms with Crippen molar-refractivity contribution in [3.8, 4) is 11.6 Å². The first-order valence-electron chi connectivity index (χ1n) is 8.15. The van der Waals surface area contributed by atoms with Crippen molar-refractivity contribution in [3.63, 3.8) is 0 Å². The zero-order chi connectivity index (χ0) is 19.7. The van der Waals surface area contributed by atoms with Crippen LogP contribution in [-0.4, -0.2) is 38.4 Å². The second kappa shape index (κ2) is 9.89. The smallest absolute Gasteiger partial charge is 0.264 e. The van der Waals surface area contributed by atoms with Gasteiger partial charge in [-0.05, 0) is 24.6 Å². The zero-order valence-corrected chi connectivity index (χ0v) is 16.2. The van der Waals surface area contributed by atoms with E-state index in [9.17, 15) is 8.42 Å². The molecular formula is C18H22N2O6S. The van der Waals surface area contributed by atoms with E-state index in [0.717, 1.165) is 17.6 Å². The summed E-state index contributed by atoms with van der Waals surface area (Å²) < 4.78 is 43.4. The van der Waals surface area contributed by atoms with Crippen molar-refractivity contribution in [2.24, 2.45) is 0 Å². The third kappa shape index (κ3) is 7.24. The molecule has 0 radical (unpaired) electrons. The molecule has 2 aromatic rings. The van der Waals surface area contributed by atoms with Gasteiger partial charge in [0.2, 0.25) is 5.88 Å². The van der Waals surface area contributed by atoms with Crippen LogP contribution >= 0.6 is 0 Å². The summed E-state index contributed by atoms with van der Waals surface area (Å²) in [6.07, 6.45) is 5.51. The van der Waals surface area contributed by atoms with E-state index in [1.54, 1.807) is 13.2 Å². The summed E-state index contributed by atoms with van der Waals surface area (Å²) in [7, 11) is -2.01. The van der Waals surface area contributed by atoms with Crippen molar-refractivity contribution in [1.82, 2.24) is 9.97 Å². The van der Waals surface area contributed by atoms with E-state index in [0.29, 0.717) is 18.0 Å². The maximum absolute atomic E-state index is 11.3. The van der Waals surface area contributed by atoms with Crippen LogP contribution in [0.25, 0.3) is 6.08 Å². The fourth-order valence-electron chi connectivity index (χ4n) is 1.96. The van der Waals surface area contributed by atoms with Crippen molar-refractivity contribution >= 4 is 16.2 Å². The molecule has 0 N–H and O–H groups in total. The molecule has 0 aliphatic heterocycles. The maximum Gasteiger partial charge on any atom is 0.264 e. The minimum Gasteiger partial charge on any atom is -0.501 e. The first kappa shape index (κ1) is 20.7. The molecule has 0 fully saturated rings. The molecule has 0 aliphatic rings. The van der Waals surface area contributed by atoms with Gasteiger partial charge in [-0.15, -0.1) is 0 Å². The Balaban J connectivity index is 2.17. The molecule has 27 heavy (non-hydrogen) atoms. The molecule has 1 aromatic heterocycles. The molecule has 0 saturated carbocycles. The van der Waals surface area contributed by atoms with Crippen molar-refractivity contribution in [2.75, 3.05) is 20.0 Å². The summed E-state index contributed by atoms with van der Waals surface area (Å²) >= 11 is 0. The summed E-state index contributed by atoms with van der Waals surface area (Å²) in [4.78, 5) is 8.43. The molecule has 1 heterocycles. The fourth-order valence-corrected chi connectivity index (χ4v) is 2.30. The zero-order valence-electron chi connectivity index (χ0n) is 15.4. The highest BCUT2D eigenvalue weighted by atomic mass is 32.2. The lowest BCUT2D eigenvalue weighted by molar-refractivity contribution is 0.266. The summed E-state index contributed by atoms with van der Waals surface area (Å²) in [6.45, 7) is 2.41. The Morgan fingerprint density at radius 2 is 1.89 bits per heavy atom. The SMILES string of the molecule is CCOC=Cc1ncc(COS(C)(=O)=O)c(OCc2ccc(OC)cc2)n1. The Bertz CT molecular complexity index is 866. The van der Waals surface area contributed by atoms with Crippen molar-refractivity contribution in [3.05, 3.63) is 53.7 Å². The lowest BCUT2D eigenvalue weighted by Gasteiger charge is -2.11. The molecule has 8 nitrogen and oxygen atoms in total. The largest absolute Gasteiger partial charge is 0.501 e. The number of nitrogens with zero attached hydrogens (tertiary/aromatic N) is 2. The molecule has 0 saturated heterocycles. The summed E-state index contributed by atoms with van der Waals surface area (Å²) in [5.74, 6) is 1.35. The van der Waals surface area contributed by atoms with Crippen LogP contribution in [0.3, 0.4) is 0 Å². The van der Waals surface area contributed by atoms with Crippen molar-refractivity contribution < 1.29 is 26.8 Å². The number of hydrogen-bond acceptors (Lipinski definition) is 8. The third-order valence-corrected chi connectivity index (χ3v) is 3.83. The van der Waals surface area contributed by atoms with E-state index in [-0.39, 0.29) is 19.1 Å². The van der Waals surface area contributed by atoms with E-state index in [4.69, 9.17) is 18.4 Å². The minimum atomic E-state index is -3.60. The van der Waals surface area contributed by atoms with Gasteiger partial charge in [-0.1, -0.05) is 12.1 Å². The Labute approximate surface area is 158 Å². The van der Waals surface area contributed by atoms with E-state index in [2.05, 4.69) is 9.97 Å². The van der Waals surface area contributed by atoms with E-state index >= 15 is 0 Å². The first-order valence-corrected chi connectivity index (χ1v) is 9.97. The lowest BCUT2D eigenvalue weighted by atomic mass is 10.2. The van der Waals surface area contributed by atoms with Crippen LogP contribution in [0.2, 0.25) is 0 Å². The molecule has 0 atom stereocenters. The van der Waals surface area contributed by atoms with Crippen molar-refractivity contribution in [1.29, 1.82) is 0 Å². The highest BCUT2D eigenvalue weighted by molar-refractivity contribution is 7.85. The quantitative estimate of drug-likeness (QED) is 0.448. The first-order chi connectivity index (χ1) is 12.9. The number of hydrogen-bond donors (Lipinski definition) is 0. The Morgan fingerprint density at radius 3 is 2.52 bits per heavy atom. The summed E-state index contributed by atoms with van der Waals surface area (Å²) in [5.41, 5.74) is 1.32. The van der Waals surface area contributed by atoms with Gasteiger partial charge in [-0.25, -0.2) is 4.98 Å². The van der Waals surface area contributed by atoms with Gasteiger partial charge in [0.1, 0.15) is 12.4 Å². The normalized spacial score (nSPS) is 11.5. The van der Waals surface area contributed by atoms with Gasteiger partial charge in [0.25, 0.3) is 10.1 Å². The molecule has 146 valence electrons. The molecule has 2 rings (SSSR count). The van der Waals surface area contributed by atoms with Gasteiger partial charge in [-0.3, -0.25) is 4.18 Å². The number of methoxy groups -OCH3 is 1. The Hall–Kier alpha value is -2.65. The van der Waals surface area contributed by atoms with Crippen molar-refractivity contribution in [2.45, 2.75) is 20.1 Å². The molecule has 0 bridgehead atoms. The number of ether oxygens (including phenoxy) is 3. The summed E-state index contributed by atoms with van der Waals surface area (Å²) in [6, 6.07) is 7.37.